The van der Waals surface area contributed by atoms with Crippen LogP contribution in [0.2, 0.25) is 0 Å². The highest BCUT2D eigenvalue weighted by molar-refractivity contribution is 5.89. The van der Waals surface area contributed by atoms with Gasteiger partial charge in [0.25, 0.3) is 0 Å². The third kappa shape index (κ3) is 3.55. The summed E-state index contributed by atoms with van der Waals surface area (Å²) in [4.78, 5) is 22.5. The van der Waals surface area contributed by atoms with E-state index in [0.29, 0.717) is 5.69 Å². The highest BCUT2D eigenvalue weighted by atomic mass is 16.6. The molecule has 0 unspecified atom stereocenters. The number of nitrogens with one attached hydrogen (secondary N) is 1. The molecule has 0 radical (unpaired) electrons. The van der Waals surface area contributed by atoms with E-state index in [9.17, 15) is 14.9 Å². The molecule has 0 aromatic carbocycles. The van der Waals surface area contributed by atoms with Gasteiger partial charge in [-0.3, -0.25) is 24.9 Å². The van der Waals surface area contributed by atoms with E-state index >= 15 is 0 Å². The molecule has 0 fully saturated rings. The number of amides is 1. The van der Waals surface area contributed by atoms with E-state index in [4.69, 9.17) is 4.52 Å². The topological polar surface area (TPSA) is 116 Å². The molecule has 0 spiro atoms. The lowest BCUT2D eigenvalue weighted by Crippen LogP contribution is -2.20. The number of hydrogen-bond acceptors (Lipinski definition) is 6. The van der Waals surface area contributed by atoms with Crippen molar-refractivity contribution in [2.45, 2.75) is 46.6 Å². The number of nitrogens with zero attached hydrogens (tertiary/aromatic N) is 4. The Morgan fingerprint density at radius 3 is 2.57 bits per heavy atom. The number of rotatable bonds is 4. The van der Waals surface area contributed by atoms with Gasteiger partial charge >= 0.3 is 5.69 Å². The lowest BCUT2D eigenvalue weighted by Gasteiger charge is -2.12. The predicted octanol–water partition coefficient (Wildman–Crippen LogP) is 2.33. The van der Waals surface area contributed by atoms with Crippen LogP contribution in [0.3, 0.4) is 0 Å². The molecule has 1 amide bonds. The zero-order chi connectivity index (χ0) is 17.4. The van der Waals surface area contributed by atoms with Gasteiger partial charge in [0.15, 0.2) is 0 Å². The molecule has 2 heterocycles. The molecule has 124 valence electrons. The molecule has 0 atom stereocenters. The zero-order valence-corrected chi connectivity index (χ0v) is 13.7. The molecule has 0 saturated heterocycles. The van der Waals surface area contributed by atoms with E-state index in [1.807, 2.05) is 20.8 Å². The van der Waals surface area contributed by atoms with Gasteiger partial charge in [0.1, 0.15) is 17.9 Å². The Bertz CT molecular complexity index is 754. The summed E-state index contributed by atoms with van der Waals surface area (Å²) in [5.74, 6) is -0.168. The lowest BCUT2D eigenvalue weighted by molar-refractivity contribution is -0.386. The van der Waals surface area contributed by atoms with Crippen molar-refractivity contribution in [2.24, 2.45) is 0 Å². The van der Waals surface area contributed by atoms with Crippen LogP contribution >= 0.6 is 0 Å². The predicted molar refractivity (Wildman–Crippen MR) is 82.2 cm³/mol. The molecule has 9 nitrogen and oxygen atoms in total. The maximum atomic E-state index is 12.1. The van der Waals surface area contributed by atoms with Gasteiger partial charge in [-0.2, -0.15) is 5.10 Å². The van der Waals surface area contributed by atoms with Crippen LogP contribution in [0.15, 0.2) is 10.6 Å². The van der Waals surface area contributed by atoms with Crippen molar-refractivity contribution in [1.29, 1.82) is 0 Å². The molecule has 0 aliphatic rings. The number of anilines is 1. The summed E-state index contributed by atoms with van der Waals surface area (Å²) in [6.45, 7) is 8.87. The van der Waals surface area contributed by atoms with Crippen molar-refractivity contribution in [3.8, 4) is 0 Å². The van der Waals surface area contributed by atoms with E-state index in [-0.39, 0.29) is 29.2 Å². The third-order valence-corrected chi connectivity index (χ3v) is 3.36. The van der Waals surface area contributed by atoms with E-state index in [0.717, 1.165) is 5.69 Å². The number of carbonyl (C=O) groups excluding carboxylic acids is 1. The molecule has 23 heavy (non-hydrogen) atoms. The minimum Gasteiger partial charge on any atom is -0.338 e. The Labute approximate surface area is 132 Å². The molecule has 2 aromatic rings. The average molecular weight is 321 g/mol. The highest BCUT2D eigenvalue weighted by Gasteiger charge is 2.23. The molecule has 0 bridgehead atoms. The second kappa shape index (κ2) is 5.82. The smallest absolute Gasteiger partial charge is 0.312 e. The Hall–Kier alpha value is -2.71. The van der Waals surface area contributed by atoms with Crippen molar-refractivity contribution in [3.63, 3.8) is 0 Å². The van der Waals surface area contributed by atoms with Crippen LogP contribution in [0.4, 0.5) is 11.6 Å². The third-order valence-electron chi connectivity index (χ3n) is 3.36. The van der Waals surface area contributed by atoms with Crippen molar-refractivity contribution < 1.29 is 14.2 Å². The van der Waals surface area contributed by atoms with Crippen LogP contribution in [0.25, 0.3) is 0 Å². The maximum absolute atomic E-state index is 12.1. The van der Waals surface area contributed by atoms with Crippen LogP contribution in [-0.4, -0.2) is 25.8 Å². The van der Waals surface area contributed by atoms with E-state index < -0.39 is 10.8 Å². The van der Waals surface area contributed by atoms with Crippen molar-refractivity contribution in [3.05, 3.63) is 33.3 Å². The van der Waals surface area contributed by atoms with E-state index in [1.165, 1.54) is 11.6 Å². The van der Waals surface area contributed by atoms with Gasteiger partial charge in [-0.1, -0.05) is 25.9 Å². The first-order chi connectivity index (χ1) is 10.6. The Kier molecular flexibility index (Phi) is 4.22. The second-order valence-corrected chi connectivity index (χ2v) is 6.31. The van der Waals surface area contributed by atoms with Gasteiger partial charge in [-0.05, 0) is 13.8 Å². The fourth-order valence-electron chi connectivity index (χ4n) is 2.11. The Morgan fingerprint density at radius 2 is 2.09 bits per heavy atom. The number of hydrogen-bond donors (Lipinski definition) is 1. The van der Waals surface area contributed by atoms with Crippen LogP contribution < -0.4 is 5.32 Å². The standard InChI is InChI=1S/C14H19N5O4/c1-8-13(19(21)22)9(2)18(16-8)7-11(20)15-12-6-10(17-23-12)14(3,4)5/h6H,7H2,1-5H3,(H,15,20). The summed E-state index contributed by atoms with van der Waals surface area (Å²) in [5, 5.41) is 21.5. The summed E-state index contributed by atoms with van der Waals surface area (Å²) in [6, 6.07) is 1.65. The summed E-state index contributed by atoms with van der Waals surface area (Å²) >= 11 is 0. The van der Waals surface area contributed by atoms with Gasteiger partial charge < -0.3 is 4.52 Å². The lowest BCUT2D eigenvalue weighted by atomic mass is 9.92. The fourth-order valence-corrected chi connectivity index (χ4v) is 2.11. The number of carbonyl (C=O) groups is 1. The molecule has 9 heteroatoms. The number of nitro groups is 1. The van der Waals surface area contributed by atoms with E-state index in [1.54, 1.807) is 13.0 Å². The minimum absolute atomic E-state index is 0.0764. The minimum atomic E-state index is -0.502. The van der Waals surface area contributed by atoms with Crippen LogP contribution in [0, 0.1) is 24.0 Å². The summed E-state index contributed by atoms with van der Waals surface area (Å²) in [6.07, 6.45) is 0. The molecular formula is C14H19N5O4. The van der Waals surface area contributed by atoms with Crippen LogP contribution in [-0.2, 0) is 16.8 Å². The number of aryl methyl sites for hydroxylation is 1. The van der Waals surface area contributed by atoms with Gasteiger partial charge in [0.05, 0.1) is 10.6 Å². The molecule has 0 aliphatic carbocycles. The average Bonchev–Trinajstić information content (AvgIpc) is 2.95. The molecule has 2 aromatic heterocycles. The monoisotopic (exact) mass is 321 g/mol. The van der Waals surface area contributed by atoms with E-state index in [2.05, 4.69) is 15.6 Å². The SMILES string of the molecule is Cc1nn(CC(=O)Nc2cc(C(C)(C)C)no2)c(C)c1[N+](=O)[O-]. The van der Waals surface area contributed by atoms with Crippen molar-refractivity contribution >= 4 is 17.5 Å². The Morgan fingerprint density at radius 1 is 1.43 bits per heavy atom. The summed E-state index contributed by atoms with van der Waals surface area (Å²) < 4.78 is 6.37. The van der Waals surface area contributed by atoms with Crippen molar-refractivity contribution in [2.75, 3.05) is 5.32 Å². The van der Waals surface area contributed by atoms with Gasteiger partial charge in [-0.15, -0.1) is 0 Å². The molecule has 0 saturated carbocycles. The van der Waals surface area contributed by atoms with Crippen LogP contribution in [0.5, 0.6) is 0 Å². The normalized spacial score (nSPS) is 11.5. The quantitative estimate of drug-likeness (QED) is 0.682. The fraction of sp³-hybridized carbons (Fsp3) is 0.500. The zero-order valence-electron chi connectivity index (χ0n) is 13.7. The first-order valence-corrected chi connectivity index (χ1v) is 7.05. The largest absolute Gasteiger partial charge is 0.338 e. The van der Waals surface area contributed by atoms with Crippen LogP contribution in [0.1, 0.15) is 37.9 Å². The van der Waals surface area contributed by atoms with Gasteiger partial charge in [0.2, 0.25) is 11.8 Å². The van der Waals surface area contributed by atoms with Gasteiger partial charge in [0, 0.05) is 11.5 Å². The first-order valence-electron chi connectivity index (χ1n) is 7.05. The molecule has 0 aliphatic heterocycles. The molecule has 1 N–H and O–H groups in total. The maximum Gasteiger partial charge on any atom is 0.312 e. The first kappa shape index (κ1) is 16.7. The molecular weight excluding hydrogens is 302 g/mol. The summed E-state index contributed by atoms with van der Waals surface area (Å²) in [7, 11) is 0. The van der Waals surface area contributed by atoms with Gasteiger partial charge in [-0.25, -0.2) is 0 Å². The summed E-state index contributed by atoms with van der Waals surface area (Å²) in [5.41, 5.74) is 1.05. The number of aromatic nitrogens is 3. The molecule has 2 rings (SSSR count). The Balaban J connectivity index is 2.10. The second-order valence-electron chi connectivity index (χ2n) is 6.31. The van der Waals surface area contributed by atoms with Crippen molar-refractivity contribution in [1.82, 2.24) is 14.9 Å². The highest BCUT2D eigenvalue weighted by Crippen LogP contribution is 2.24.